The molecular formula is C19H24N2. The third kappa shape index (κ3) is 2.49. The van der Waals surface area contributed by atoms with Gasteiger partial charge in [-0.2, -0.15) is 0 Å². The van der Waals surface area contributed by atoms with Gasteiger partial charge in [0.25, 0.3) is 0 Å². The highest BCUT2D eigenvalue weighted by atomic mass is 14.8. The lowest BCUT2D eigenvalue weighted by molar-refractivity contribution is 0.340. The van der Waals surface area contributed by atoms with Gasteiger partial charge in [-0.05, 0) is 62.8 Å². The molecule has 0 fully saturated rings. The van der Waals surface area contributed by atoms with Crippen molar-refractivity contribution in [3.8, 4) is 0 Å². The van der Waals surface area contributed by atoms with Crippen LogP contribution in [-0.2, 0) is 12.0 Å². The zero-order chi connectivity index (χ0) is 15.0. The van der Waals surface area contributed by atoms with E-state index >= 15 is 0 Å². The molecule has 1 heterocycles. The highest BCUT2D eigenvalue weighted by Gasteiger charge is 2.37. The Balaban J connectivity index is 2.09. The van der Waals surface area contributed by atoms with Gasteiger partial charge in [0.1, 0.15) is 0 Å². The van der Waals surface area contributed by atoms with Crippen molar-refractivity contribution in [3.63, 3.8) is 0 Å². The Morgan fingerprint density at radius 3 is 2.86 bits per heavy atom. The Bertz CT molecular complexity index is 658. The standard InChI is InChI=1S/C19H24N2/c1-13-9-10-14(2)17(12-13)19(3,20)16-8-4-6-15-7-5-11-21-18(15)16/h5,7,9-12,16H,4,6,8,20H2,1-3H3. The molecule has 1 aromatic heterocycles. The van der Waals surface area contributed by atoms with Crippen LogP contribution >= 0.6 is 0 Å². The van der Waals surface area contributed by atoms with Crippen LogP contribution in [0.5, 0.6) is 0 Å². The monoisotopic (exact) mass is 280 g/mol. The molecule has 1 aromatic carbocycles. The van der Waals surface area contributed by atoms with Crippen LogP contribution in [-0.4, -0.2) is 4.98 Å². The van der Waals surface area contributed by atoms with Crippen LogP contribution in [0.25, 0.3) is 0 Å². The highest BCUT2D eigenvalue weighted by molar-refractivity contribution is 5.40. The molecule has 1 aliphatic carbocycles. The number of nitrogens with two attached hydrogens (primary N) is 1. The second kappa shape index (κ2) is 5.27. The fourth-order valence-corrected chi connectivity index (χ4v) is 3.70. The number of nitrogens with zero attached hydrogens (tertiary/aromatic N) is 1. The number of aromatic nitrogens is 1. The number of hydrogen-bond donors (Lipinski definition) is 1. The van der Waals surface area contributed by atoms with Crippen molar-refractivity contribution in [2.45, 2.75) is 51.5 Å². The van der Waals surface area contributed by atoms with Gasteiger partial charge in [0.2, 0.25) is 0 Å². The van der Waals surface area contributed by atoms with Gasteiger partial charge in [-0.3, -0.25) is 4.98 Å². The van der Waals surface area contributed by atoms with Crippen molar-refractivity contribution in [1.29, 1.82) is 0 Å². The molecule has 3 rings (SSSR count). The highest BCUT2D eigenvalue weighted by Crippen LogP contribution is 2.42. The molecule has 0 saturated heterocycles. The van der Waals surface area contributed by atoms with Crippen LogP contribution in [0.2, 0.25) is 0 Å². The third-order valence-electron chi connectivity index (χ3n) is 4.89. The molecule has 0 spiro atoms. The molecule has 2 heteroatoms. The summed E-state index contributed by atoms with van der Waals surface area (Å²) in [5.74, 6) is 0.294. The van der Waals surface area contributed by atoms with Crippen LogP contribution in [0.1, 0.15) is 53.6 Å². The van der Waals surface area contributed by atoms with Crippen molar-refractivity contribution in [2.24, 2.45) is 5.73 Å². The number of benzene rings is 1. The van der Waals surface area contributed by atoms with Crippen molar-refractivity contribution < 1.29 is 0 Å². The first-order valence-electron chi connectivity index (χ1n) is 7.80. The van der Waals surface area contributed by atoms with Gasteiger partial charge in [-0.15, -0.1) is 0 Å². The topological polar surface area (TPSA) is 38.9 Å². The molecule has 0 amide bonds. The van der Waals surface area contributed by atoms with Crippen molar-refractivity contribution in [1.82, 2.24) is 4.98 Å². The molecule has 0 saturated carbocycles. The quantitative estimate of drug-likeness (QED) is 0.903. The van der Waals surface area contributed by atoms with Crippen molar-refractivity contribution in [2.75, 3.05) is 0 Å². The van der Waals surface area contributed by atoms with E-state index in [4.69, 9.17) is 5.73 Å². The van der Waals surface area contributed by atoms with E-state index in [9.17, 15) is 0 Å². The molecule has 21 heavy (non-hydrogen) atoms. The minimum Gasteiger partial charge on any atom is -0.321 e. The van der Waals surface area contributed by atoms with Crippen molar-refractivity contribution in [3.05, 3.63) is 64.5 Å². The molecular weight excluding hydrogens is 256 g/mol. The normalized spacial score (nSPS) is 20.7. The molecule has 110 valence electrons. The van der Waals surface area contributed by atoms with Crippen LogP contribution in [0.15, 0.2) is 36.5 Å². The number of aryl methyl sites for hydroxylation is 3. The Morgan fingerprint density at radius 2 is 2.05 bits per heavy atom. The van der Waals surface area contributed by atoms with E-state index < -0.39 is 0 Å². The zero-order valence-electron chi connectivity index (χ0n) is 13.2. The minimum atomic E-state index is -0.375. The van der Waals surface area contributed by atoms with Gasteiger partial charge in [-0.25, -0.2) is 0 Å². The summed E-state index contributed by atoms with van der Waals surface area (Å²) in [5, 5.41) is 0. The first-order chi connectivity index (χ1) is 10.00. The largest absolute Gasteiger partial charge is 0.321 e. The van der Waals surface area contributed by atoms with Gasteiger partial charge in [0.15, 0.2) is 0 Å². The lowest BCUT2D eigenvalue weighted by Gasteiger charge is -2.38. The summed E-state index contributed by atoms with van der Waals surface area (Å²) in [5.41, 5.74) is 12.9. The SMILES string of the molecule is Cc1ccc(C)c(C(C)(N)C2CCCc3cccnc32)c1. The minimum absolute atomic E-state index is 0.294. The Kier molecular flexibility index (Phi) is 3.58. The number of fused-ring (bicyclic) bond motifs is 1. The molecule has 2 atom stereocenters. The first kappa shape index (κ1) is 14.3. The van der Waals surface area contributed by atoms with Gasteiger partial charge in [-0.1, -0.05) is 29.8 Å². The van der Waals surface area contributed by atoms with E-state index in [0.717, 1.165) is 12.8 Å². The Hall–Kier alpha value is -1.67. The Labute approximate surface area is 127 Å². The molecule has 0 aliphatic heterocycles. The average molecular weight is 280 g/mol. The van der Waals surface area contributed by atoms with Crippen LogP contribution in [0.3, 0.4) is 0 Å². The van der Waals surface area contributed by atoms with E-state index in [1.807, 2.05) is 12.3 Å². The fourth-order valence-electron chi connectivity index (χ4n) is 3.70. The van der Waals surface area contributed by atoms with Gasteiger partial charge in [0, 0.05) is 23.3 Å². The van der Waals surface area contributed by atoms with Crippen LogP contribution < -0.4 is 5.73 Å². The lowest BCUT2D eigenvalue weighted by atomic mass is 9.70. The lowest BCUT2D eigenvalue weighted by Crippen LogP contribution is -2.42. The van der Waals surface area contributed by atoms with E-state index in [1.54, 1.807) is 0 Å². The molecule has 0 radical (unpaired) electrons. The van der Waals surface area contributed by atoms with E-state index in [2.05, 4.69) is 50.0 Å². The summed E-state index contributed by atoms with van der Waals surface area (Å²) >= 11 is 0. The first-order valence-corrected chi connectivity index (χ1v) is 7.80. The molecule has 2 nitrogen and oxygen atoms in total. The smallest absolute Gasteiger partial charge is 0.0488 e. The predicted molar refractivity (Wildman–Crippen MR) is 87.4 cm³/mol. The maximum atomic E-state index is 6.86. The van der Waals surface area contributed by atoms with Gasteiger partial charge < -0.3 is 5.73 Å². The molecule has 0 bridgehead atoms. The maximum absolute atomic E-state index is 6.86. The van der Waals surface area contributed by atoms with E-state index in [1.165, 1.54) is 34.4 Å². The molecule has 2 N–H and O–H groups in total. The maximum Gasteiger partial charge on any atom is 0.0488 e. The van der Waals surface area contributed by atoms with Gasteiger partial charge in [0.05, 0.1) is 0 Å². The molecule has 2 aromatic rings. The molecule has 2 unspecified atom stereocenters. The third-order valence-corrected chi connectivity index (χ3v) is 4.89. The zero-order valence-corrected chi connectivity index (χ0v) is 13.2. The average Bonchev–Trinajstić information content (AvgIpc) is 2.49. The summed E-state index contributed by atoms with van der Waals surface area (Å²) in [7, 11) is 0. The second-order valence-electron chi connectivity index (χ2n) is 6.59. The number of pyridine rings is 1. The number of rotatable bonds is 2. The van der Waals surface area contributed by atoms with Gasteiger partial charge >= 0.3 is 0 Å². The summed E-state index contributed by atoms with van der Waals surface area (Å²) in [6.07, 6.45) is 5.34. The van der Waals surface area contributed by atoms with Crippen molar-refractivity contribution >= 4 is 0 Å². The molecule has 1 aliphatic rings. The number of hydrogen-bond acceptors (Lipinski definition) is 2. The Morgan fingerprint density at radius 1 is 1.24 bits per heavy atom. The summed E-state index contributed by atoms with van der Waals surface area (Å²) < 4.78 is 0. The van der Waals surface area contributed by atoms with Crippen LogP contribution in [0.4, 0.5) is 0 Å². The van der Waals surface area contributed by atoms with Crippen LogP contribution in [0, 0.1) is 13.8 Å². The van der Waals surface area contributed by atoms with E-state index in [0.29, 0.717) is 5.92 Å². The second-order valence-corrected chi connectivity index (χ2v) is 6.59. The van der Waals surface area contributed by atoms with E-state index in [-0.39, 0.29) is 5.54 Å². The predicted octanol–water partition coefficient (Wildman–Crippen LogP) is 3.99. The summed E-state index contributed by atoms with van der Waals surface area (Å²) in [4.78, 5) is 4.66. The summed E-state index contributed by atoms with van der Waals surface area (Å²) in [6.45, 7) is 6.46. The fraction of sp³-hybridized carbons (Fsp3) is 0.421. The summed E-state index contributed by atoms with van der Waals surface area (Å²) in [6, 6.07) is 10.8.